The highest BCUT2D eigenvalue weighted by Crippen LogP contribution is 2.27. The SMILES string of the molecule is CCc1cccc(CC)c1N=C(C)C1=CC=CC(=C(C)N=C2C=CC=C2)N1. The van der Waals surface area contributed by atoms with Gasteiger partial charge in [0.25, 0.3) is 0 Å². The molecule has 1 aliphatic heterocycles. The highest BCUT2D eigenvalue weighted by atomic mass is 15.0. The maximum absolute atomic E-state index is 4.99. The Morgan fingerprint density at radius 3 is 2.22 bits per heavy atom. The Morgan fingerprint density at radius 2 is 1.59 bits per heavy atom. The van der Waals surface area contributed by atoms with E-state index < -0.39 is 0 Å². The summed E-state index contributed by atoms with van der Waals surface area (Å²) in [5.74, 6) is 0. The Labute approximate surface area is 162 Å². The number of rotatable bonds is 5. The summed E-state index contributed by atoms with van der Waals surface area (Å²) in [6, 6.07) is 6.46. The number of para-hydroxylation sites is 1. The molecular formula is C24H27N3. The zero-order valence-electron chi connectivity index (χ0n) is 16.6. The quantitative estimate of drug-likeness (QED) is 0.670. The van der Waals surface area contributed by atoms with Crippen molar-refractivity contribution in [3.05, 3.63) is 88.9 Å². The number of benzene rings is 1. The minimum atomic E-state index is 0.957. The molecule has 0 atom stereocenters. The van der Waals surface area contributed by atoms with E-state index in [1.807, 2.05) is 31.2 Å². The minimum absolute atomic E-state index is 0.957. The molecule has 0 saturated carbocycles. The van der Waals surface area contributed by atoms with E-state index in [9.17, 15) is 0 Å². The van der Waals surface area contributed by atoms with Crippen LogP contribution in [0.2, 0.25) is 0 Å². The van der Waals surface area contributed by atoms with Crippen LogP contribution in [0, 0.1) is 0 Å². The fourth-order valence-electron chi connectivity index (χ4n) is 3.17. The largest absolute Gasteiger partial charge is 0.353 e. The molecule has 0 radical (unpaired) electrons. The van der Waals surface area contributed by atoms with E-state index in [1.54, 1.807) is 0 Å². The smallest absolute Gasteiger partial charge is 0.0697 e. The molecule has 3 heteroatoms. The number of aliphatic imine (C=N–C) groups is 2. The van der Waals surface area contributed by atoms with Crippen molar-refractivity contribution in [2.45, 2.75) is 40.5 Å². The maximum atomic E-state index is 4.99. The van der Waals surface area contributed by atoms with E-state index in [-0.39, 0.29) is 0 Å². The third-order valence-corrected chi connectivity index (χ3v) is 4.76. The molecule has 2 aliphatic rings. The molecule has 0 spiro atoms. The molecule has 3 rings (SSSR count). The number of dihydropyridines is 1. The van der Waals surface area contributed by atoms with Gasteiger partial charge in [0.1, 0.15) is 0 Å². The molecule has 0 amide bonds. The van der Waals surface area contributed by atoms with E-state index in [2.05, 4.69) is 67.5 Å². The molecule has 1 aliphatic carbocycles. The first-order valence-corrected chi connectivity index (χ1v) is 9.58. The van der Waals surface area contributed by atoms with Crippen LogP contribution in [0.3, 0.4) is 0 Å². The number of aryl methyl sites for hydroxylation is 2. The Kier molecular flexibility index (Phi) is 6.02. The highest BCUT2D eigenvalue weighted by molar-refractivity contribution is 6.07. The molecular weight excluding hydrogens is 330 g/mol. The van der Waals surface area contributed by atoms with E-state index in [0.717, 1.165) is 47.0 Å². The zero-order valence-corrected chi connectivity index (χ0v) is 16.6. The van der Waals surface area contributed by atoms with Crippen LogP contribution in [0.15, 0.2) is 87.8 Å². The molecule has 27 heavy (non-hydrogen) atoms. The first kappa shape index (κ1) is 18.8. The van der Waals surface area contributed by atoms with Crippen molar-refractivity contribution < 1.29 is 0 Å². The predicted octanol–water partition coefficient (Wildman–Crippen LogP) is 5.75. The second kappa shape index (κ2) is 8.63. The van der Waals surface area contributed by atoms with Crippen LogP contribution < -0.4 is 5.32 Å². The zero-order chi connectivity index (χ0) is 19.2. The number of hydrogen-bond acceptors (Lipinski definition) is 3. The van der Waals surface area contributed by atoms with Crippen LogP contribution in [-0.4, -0.2) is 11.4 Å². The standard InChI is InChI=1S/C24H27N3/c1-5-19-11-9-12-20(6-2)24(19)26-18(4)23-16-10-15-22(27-23)17(3)25-21-13-7-8-14-21/h7-16,27H,5-6H2,1-4H3. The van der Waals surface area contributed by atoms with Gasteiger partial charge in [-0.2, -0.15) is 0 Å². The van der Waals surface area contributed by atoms with E-state index >= 15 is 0 Å². The number of hydrogen-bond donors (Lipinski definition) is 1. The van der Waals surface area contributed by atoms with Gasteiger partial charge < -0.3 is 5.32 Å². The van der Waals surface area contributed by atoms with Crippen molar-refractivity contribution in [2.75, 3.05) is 0 Å². The molecule has 1 N–H and O–H groups in total. The van der Waals surface area contributed by atoms with Crippen molar-refractivity contribution in [1.82, 2.24) is 5.32 Å². The Bertz CT molecular complexity index is 898. The van der Waals surface area contributed by atoms with Crippen LogP contribution >= 0.6 is 0 Å². The molecule has 138 valence electrons. The van der Waals surface area contributed by atoms with Crippen LogP contribution in [0.1, 0.15) is 38.8 Å². The van der Waals surface area contributed by atoms with Crippen molar-refractivity contribution >= 4 is 17.1 Å². The second-order valence-corrected chi connectivity index (χ2v) is 6.65. The summed E-state index contributed by atoms with van der Waals surface area (Å²) < 4.78 is 0. The van der Waals surface area contributed by atoms with Gasteiger partial charge in [-0.05, 0) is 62.1 Å². The lowest BCUT2D eigenvalue weighted by Crippen LogP contribution is -2.20. The van der Waals surface area contributed by atoms with Crippen molar-refractivity contribution in [2.24, 2.45) is 9.98 Å². The Hall–Kier alpha value is -2.94. The number of nitrogens with one attached hydrogen (secondary N) is 1. The first-order chi connectivity index (χ1) is 13.1. The molecule has 1 aromatic carbocycles. The van der Waals surface area contributed by atoms with Crippen molar-refractivity contribution in [1.29, 1.82) is 0 Å². The van der Waals surface area contributed by atoms with Crippen LogP contribution in [0.5, 0.6) is 0 Å². The molecule has 3 nitrogen and oxygen atoms in total. The summed E-state index contributed by atoms with van der Waals surface area (Å²) in [5.41, 5.74) is 8.62. The molecule has 0 bridgehead atoms. The topological polar surface area (TPSA) is 36.8 Å². The van der Waals surface area contributed by atoms with Crippen LogP contribution in [0.4, 0.5) is 5.69 Å². The summed E-state index contributed by atoms with van der Waals surface area (Å²) in [7, 11) is 0. The summed E-state index contributed by atoms with van der Waals surface area (Å²) in [6.45, 7) is 8.44. The van der Waals surface area contributed by atoms with Gasteiger partial charge in [0.15, 0.2) is 0 Å². The number of allylic oxidation sites excluding steroid dienone is 9. The van der Waals surface area contributed by atoms with Gasteiger partial charge in [-0.3, -0.25) is 9.98 Å². The lowest BCUT2D eigenvalue weighted by molar-refractivity contribution is 0.999. The first-order valence-electron chi connectivity index (χ1n) is 9.58. The summed E-state index contributed by atoms with van der Waals surface area (Å²) in [6.07, 6.45) is 16.1. The summed E-state index contributed by atoms with van der Waals surface area (Å²) >= 11 is 0. The van der Waals surface area contributed by atoms with Gasteiger partial charge in [-0.1, -0.05) is 50.3 Å². The van der Waals surface area contributed by atoms with Gasteiger partial charge in [-0.25, -0.2) is 0 Å². The fraction of sp³-hybridized carbons (Fsp3) is 0.250. The van der Waals surface area contributed by atoms with Gasteiger partial charge in [-0.15, -0.1) is 0 Å². The normalized spacial score (nSPS) is 17.9. The van der Waals surface area contributed by atoms with Gasteiger partial charge >= 0.3 is 0 Å². The highest BCUT2D eigenvalue weighted by Gasteiger charge is 2.11. The van der Waals surface area contributed by atoms with E-state index in [4.69, 9.17) is 4.99 Å². The molecule has 0 aromatic heterocycles. The molecule has 0 unspecified atom stereocenters. The van der Waals surface area contributed by atoms with Gasteiger partial charge in [0.2, 0.25) is 0 Å². The lowest BCUT2D eigenvalue weighted by atomic mass is 10.0. The van der Waals surface area contributed by atoms with Crippen LogP contribution in [0.25, 0.3) is 0 Å². The van der Waals surface area contributed by atoms with Gasteiger partial charge in [0.05, 0.1) is 34.2 Å². The molecule has 1 aromatic rings. The Morgan fingerprint density at radius 1 is 0.926 bits per heavy atom. The Balaban J connectivity index is 1.89. The summed E-state index contributed by atoms with van der Waals surface area (Å²) in [5, 5.41) is 3.49. The fourth-order valence-corrected chi connectivity index (χ4v) is 3.17. The van der Waals surface area contributed by atoms with E-state index in [1.165, 1.54) is 11.1 Å². The molecule has 0 fully saturated rings. The van der Waals surface area contributed by atoms with Crippen LogP contribution in [-0.2, 0) is 12.8 Å². The maximum Gasteiger partial charge on any atom is 0.0697 e. The third kappa shape index (κ3) is 4.43. The second-order valence-electron chi connectivity index (χ2n) is 6.65. The number of nitrogens with zero attached hydrogens (tertiary/aromatic N) is 2. The third-order valence-electron chi connectivity index (χ3n) is 4.76. The molecule has 0 saturated heterocycles. The minimum Gasteiger partial charge on any atom is -0.353 e. The van der Waals surface area contributed by atoms with Gasteiger partial charge in [0, 0.05) is 0 Å². The summed E-state index contributed by atoms with van der Waals surface area (Å²) in [4.78, 5) is 9.67. The predicted molar refractivity (Wildman–Crippen MR) is 117 cm³/mol. The average molecular weight is 358 g/mol. The average Bonchev–Trinajstić information content (AvgIpc) is 3.21. The van der Waals surface area contributed by atoms with Crippen molar-refractivity contribution in [3.63, 3.8) is 0 Å². The lowest BCUT2D eigenvalue weighted by Gasteiger charge is -2.17. The monoisotopic (exact) mass is 357 g/mol. The molecule has 1 heterocycles. The van der Waals surface area contributed by atoms with E-state index in [0.29, 0.717) is 0 Å². The van der Waals surface area contributed by atoms with Crippen molar-refractivity contribution in [3.8, 4) is 0 Å².